The fourth-order valence-electron chi connectivity index (χ4n) is 2.37. The van der Waals surface area contributed by atoms with Crippen molar-refractivity contribution in [2.24, 2.45) is 5.73 Å². The second-order valence-corrected chi connectivity index (χ2v) is 6.44. The number of nitrogens with one attached hydrogen (secondary N) is 1. The van der Waals surface area contributed by atoms with Gasteiger partial charge in [0.05, 0.1) is 5.56 Å². The summed E-state index contributed by atoms with van der Waals surface area (Å²) in [6.07, 6.45) is 0.691. The van der Waals surface area contributed by atoms with Crippen LogP contribution in [0.2, 0.25) is 0 Å². The number of hydrogen-bond donors (Lipinski definition) is 2. The second kappa shape index (κ2) is 7.28. The summed E-state index contributed by atoms with van der Waals surface area (Å²) in [6, 6.07) is 7.46. The highest BCUT2D eigenvalue weighted by Crippen LogP contribution is 2.33. The molecule has 3 N–H and O–H groups in total. The zero-order valence-electron chi connectivity index (χ0n) is 13.4. The van der Waals surface area contributed by atoms with Crippen LogP contribution in [0.25, 0.3) is 0 Å². The van der Waals surface area contributed by atoms with E-state index in [1.54, 1.807) is 6.07 Å². The van der Waals surface area contributed by atoms with Gasteiger partial charge in [-0.2, -0.15) is 0 Å². The number of aryl methyl sites for hydroxylation is 2. The van der Waals surface area contributed by atoms with Crippen molar-refractivity contribution < 1.29 is 14.3 Å². The number of thiophene rings is 1. The molecule has 0 aliphatic rings. The summed E-state index contributed by atoms with van der Waals surface area (Å²) in [5.74, 6) is -0.217. The molecule has 6 heteroatoms. The van der Waals surface area contributed by atoms with Gasteiger partial charge in [-0.3, -0.25) is 9.59 Å². The highest BCUT2D eigenvalue weighted by atomic mass is 32.1. The van der Waals surface area contributed by atoms with Crippen molar-refractivity contribution in [3.05, 3.63) is 45.8 Å². The van der Waals surface area contributed by atoms with Crippen molar-refractivity contribution in [3.63, 3.8) is 0 Å². The van der Waals surface area contributed by atoms with Crippen LogP contribution < -0.4 is 15.8 Å². The monoisotopic (exact) mass is 332 g/mol. The Morgan fingerprint density at radius 2 is 2.04 bits per heavy atom. The maximum Gasteiger partial charge on any atom is 0.262 e. The molecular weight excluding hydrogens is 312 g/mol. The van der Waals surface area contributed by atoms with Crippen molar-refractivity contribution in [1.82, 2.24) is 0 Å². The van der Waals surface area contributed by atoms with E-state index in [4.69, 9.17) is 10.5 Å². The molecule has 0 aliphatic carbocycles. The van der Waals surface area contributed by atoms with Crippen LogP contribution in [-0.2, 0) is 11.2 Å². The number of rotatable bonds is 6. The molecular formula is C17H20N2O3S. The molecule has 122 valence electrons. The van der Waals surface area contributed by atoms with E-state index in [2.05, 4.69) is 5.32 Å². The van der Waals surface area contributed by atoms with Crippen LogP contribution in [0.1, 0.15) is 33.3 Å². The van der Waals surface area contributed by atoms with Crippen LogP contribution in [0.3, 0.4) is 0 Å². The number of carbonyl (C=O) groups is 2. The third-order valence-electron chi connectivity index (χ3n) is 3.42. The molecule has 0 saturated heterocycles. The number of amides is 2. The zero-order chi connectivity index (χ0) is 17.0. The van der Waals surface area contributed by atoms with Gasteiger partial charge in [-0.05, 0) is 43.5 Å². The molecule has 0 bridgehead atoms. The molecule has 0 spiro atoms. The zero-order valence-corrected chi connectivity index (χ0v) is 14.3. The van der Waals surface area contributed by atoms with Crippen molar-refractivity contribution in [3.8, 4) is 5.75 Å². The van der Waals surface area contributed by atoms with E-state index >= 15 is 0 Å². The molecule has 2 aromatic rings. The maximum absolute atomic E-state index is 12.1. The average Bonchev–Trinajstić information content (AvgIpc) is 2.80. The first-order chi connectivity index (χ1) is 10.9. The molecule has 2 amide bonds. The Labute approximate surface area is 139 Å². The Hall–Kier alpha value is -2.34. The van der Waals surface area contributed by atoms with Crippen LogP contribution in [0.15, 0.2) is 24.3 Å². The third-order valence-corrected chi connectivity index (χ3v) is 4.48. The van der Waals surface area contributed by atoms with Gasteiger partial charge >= 0.3 is 0 Å². The van der Waals surface area contributed by atoms with Gasteiger partial charge in [-0.1, -0.05) is 19.1 Å². The van der Waals surface area contributed by atoms with E-state index in [0.717, 1.165) is 16.0 Å². The summed E-state index contributed by atoms with van der Waals surface area (Å²) in [6.45, 7) is 5.69. The lowest BCUT2D eigenvalue weighted by atomic mass is 10.1. The number of benzene rings is 1. The second-order valence-electron chi connectivity index (χ2n) is 5.21. The van der Waals surface area contributed by atoms with E-state index in [0.29, 0.717) is 22.7 Å². The number of carbonyl (C=O) groups excluding carboxylic acids is 2. The summed E-state index contributed by atoms with van der Waals surface area (Å²) in [4.78, 5) is 24.7. The summed E-state index contributed by atoms with van der Waals surface area (Å²) in [5.41, 5.74) is 7.79. The van der Waals surface area contributed by atoms with E-state index in [9.17, 15) is 9.59 Å². The standard InChI is InChI=1S/C17H20N2O3S/c1-4-13-11(3)23-17(15(13)16(18)21)19-14(20)9-22-12-7-5-6-10(2)8-12/h5-8H,4,9H2,1-3H3,(H2,18,21)(H,19,20). The van der Waals surface area contributed by atoms with Crippen molar-refractivity contribution in [2.45, 2.75) is 27.2 Å². The molecule has 23 heavy (non-hydrogen) atoms. The van der Waals surface area contributed by atoms with Gasteiger partial charge in [-0.25, -0.2) is 0 Å². The summed E-state index contributed by atoms with van der Waals surface area (Å²) >= 11 is 1.36. The van der Waals surface area contributed by atoms with Crippen LogP contribution in [0.5, 0.6) is 5.75 Å². The van der Waals surface area contributed by atoms with Crippen molar-refractivity contribution in [2.75, 3.05) is 11.9 Å². The van der Waals surface area contributed by atoms with Gasteiger partial charge in [-0.15, -0.1) is 11.3 Å². The summed E-state index contributed by atoms with van der Waals surface area (Å²) in [5, 5.41) is 3.22. The van der Waals surface area contributed by atoms with Gasteiger partial charge in [0, 0.05) is 4.88 Å². The quantitative estimate of drug-likeness (QED) is 0.853. The van der Waals surface area contributed by atoms with Gasteiger partial charge in [0.2, 0.25) is 0 Å². The Morgan fingerprint density at radius 1 is 1.30 bits per heavy atom. The number of primary amides is 1. The normalized spacial score (nSPS) is 10.4. The molecule has 5 nitrogen and oxygen atoms in total. The highest BCUT2D eigenvalue weighted by Gasteiger charge is 2.20. The minimum absolute atomic E-state index is 0.125. The first-order valence-electron chi connectivity index (χ1n) is 7.33. The molecule has 0 unspecified atom stereocenters. The number of hydrogen-bond acceptors (Lipinski definition) is 4. The predicted molar refractivity (Wildman–Crippen MR) is 92.3 cm³/mol. The molecule has 1 aromatic carbocycles. The molecule has 2 rings (SSSR count). The lowest BCUT2D eigenvalue weighted by Crippen LogP contribution is -2.22. The van der Waals surface area contributed by atoms with Gasteiger partial charge < -0.3 is 15.8 Å². The van der Waals surface area contributed by atoms with Gasteiger partial charge in [0.25, 0.3) is 11.8 Å². The van der Waals surface area contributed by atoms with E-state index in [-0.39, 0.29) is 12.5 Å². The highest BCUT2D eigenvalue weighted by molar-refractivity contribution is 7.16. The summed E-state index contributed by atoms with van der Waals surface area (Å²) < 4.78 is 5.46. The third kappa shape index (κ3) is 4.10. The largest absolute Gasteiger partial charge is 0.484 e. The van der Waals surface area contributed by atoms with Crippen LogP contribution in [0, 0.1) is 13.8 Å². The topological polar surface area (TPSA) is 81.4 Å². The average molecular weight is 332 g/mol. The van der Waals surface area contributed by atoms with Crippen LogP contribution >= 0.6 is 11.3 Å². The Balaban J connectivity index is 2.07. The minimum Gasteiger partial charge on any atom is -0.484 e. The van der Waals surface area contributed by atoms with Crippen LogP contribution in [0.4, 0.5) is 5.00 Å². The van der Waals surface area contributed by atoms with Crippen LogP contribution in [-0.4, -0.2) is 18.4 Å². The summed E-state index contributed by atoms with van der Waals surface area (Å²) in [7, 11) is 0. The number of ether oxygens (including phenoxy) is 1. The van der Waals surface area contributed by atoms with Crippen molar-refractivity contribution in [1.29, 1.82) is 0 Å². The Bertz CT molecular complexity index is 737. The fraction of sp³-hybridized carbons (Fsp3) is 0.294. The molecule has 0 saturated carbocycles. The molecule has 1 aromatic heterocycles. The Kier molecular flexibility index (Phi) is 5.39. The van der Waals surface area contributed by atoms with Crippen molar-refractivity contribution >= 4 is 28.2 Å². The molecule has 1 heterocycles. The van der Waals surface area contributed by atoms with Gasteiger partial charge in [0.15, 0.2) is 6.61 Å². The molecule has 0 atom stereocenters. The lowest BCUT2D eigenvalue weighted by Gasteiger charge is -2.08. The number of anilines is 1. The lowest BCUT2D eigenvalue weighted by molar-refractivity contribution is -0.118. The molecule has 0 radical (unpaired) electrons. The minimum atomic E-state index is -0.527. The smallest absolute Gasteiger partial charge is 0.262 e. The first-order valence-corrected chi connectivity index (χ1v) is 8.15. The van der Waals surface area contributed by atoms with E-state index in [1.807, 2.05) is 39.0 Å². The Morgan fingerprint density at radius 3 is 2.65 bits per heavy atom. The van der Waals surface area contributed by atoms with E-state index in [1.165, 1.54) is 11.3 Å². The maximum atomic E-state index is 12.1. The SMILES string of the molecule is CCc1c(C)sc(NC(=O)COc2cccc(C)c2)c1C(N)=O. The predicted octanol–water partition coefficient (Wildman–Crippen LogP) is 3.04. The number of nitrogens with two attached hydrogens (primary N) is 1. The molecule has 0 fully saturated rings. The first kappa shape index (κ1) is 17.0. The fourth-order valence-corrected chi connectivity index (χ4v) is 3.54. The van der Waals surface area contributed by atoms with E-state index < -0.39 is 5.91 Å². The van der Waals surface area contributed by atoms with Gasteiger partial charge in [0.1, 0.15) is 10.8 Å². The molecule has 0 aliphatic heterocycles.